The molecule has 1 saturated carbocycles. The molecule has 4 aliphatic rings. The molecule has 4 fully saturated rings. The lowest BCUT2D eigenvalue weighted by Gasteiger charge is -2.42. The number of oxime groups is 1. The highest BCUT2D eigenvalue weighted by Crippen LogP contribution is 2.47. The number of aromatic nitrogens is 3. The number of amides is 1. The molecule has 2 aromatic heterocycles. The number of nitrogens with zero attached hydrogens (tertiary/aromatic N) is 7. The van der Waals surface area contributed by atoms with Crippen LogP contribution in [0.2, 0.25) is 5.15 Å². The van der Waals surface area contributed by atoms with Crippen LogP contribution in [0.15, 0.2) is 11.4 Å². The normalized spacial score (nSPS) is 23.7. The van der Waals surface area contributed by atoms with E-state index in [0.29, 0.717) is 30.9 Å². The quantitative estimate of drug-likeness (QED) is 0.330. The Hall–Kier alpha value is -2.99. The summed E-state index contributed by atoms with van der Waals surface area (Å²) in [6.07, 6.45) is 6.87. The van der Waals surface area contributed by atoms with Crippen molar-refractivity contribution in [3.05, 3.63) is 17.2 Å². The van der Waals surface area contributed by atoms with E-state index in [1.807, 2.05) is 25.7 Å². The first kappa shape index (κ1) is 29.1. The third-order valence-corrected chi connectivity index (χ3v) is 8.93. The molecular formula is C29H39ClFN7O4. The molecule has 2 aromatic rings. The molecule has 42 heavy (non-hydrogen) atoms. The second kappa shape index (κ2) is 11.3. The molecule has 2 atom stereocenters. The Balaban J connectivity index is 1.20. The lowest BCUT2D eigenvalue weighted by Crippen LogP contribution is -2.57. The lowest BCUT2D eigenvalue weighted by molar-refractivity contribution is 0.0122. The summed E-state index contributed by atoms with van der Waals surface area (Å²) < 4.78 is 27.2. The van der Waals surface area contributed by atoms with Crippen molar-refractivity contribution in [2.24, 2.45) is 10.6 Å². The number of hydrogen-bond acceptors (Lipinski definition) is 10. The maximum absolute atomic E-state index is 15.2. The first-order valence-electron chi connectivity index (χ1n) is 14.8. The van der Waals surface area contributed by atoms with Crippen molar-refractivity contribution in [3.8, 4) is 6.01 Å². The van der Waals surface area contributed by atoms with Crippen molar-refractivity contribution in [2.45, 2.75) is 77.0 Å². The monoisotopic (exact) mass is 603 g/mol. The van der Waals surface area contributed by atoms with E-state index in [-0.39, 0.29) is 40.3 Å². The SMILES string of the molecule is CON=C1CCN(CC2(COc3nc(N4C[C@H]5CC[C@@H](C4)N5C(=O)OC(C)(C)C)c4cnc(Cl)c(F)c4n3)CC2)CC1. The Kier molecular flexibility index (Phi) is 7.80. The van der Waals surface area contributed by atoms with Gasteiger partial charge < -0.3 is 24.1 Å². The number of halogens is 2. The van der Waals surface area contributed by atoms with Gasteiger partial charge in [0.2, 0.25) is 0 Å². The van der Waals surface area contributed by atoms with Crippen LogP contribution in [0.1, 0.15) is 59.3 Å². The second-order valence-corrected chi connectivity index (χ2v) is 13.4. The van der Waals surface area contributed by atoms with Gasteiger partial charge in [0.25, 0.3) is 0 Å². The minimum atomic E-state index is -0.694. The topological polar surface area (TPSA) is 106 Å². The van der Waals surface area contributed by atoms with Crippen molar-refractivity contribution in [1.82, 2.24) is 24.8 Å². The molecule has 0 aromatic carbocycles. The van der Waals surface area contributed by atoms with Crippen LogP contribution >= 0.6 is 11.6 Å². The number of fused-ring (bicyclic) bond motifs is 3. The number of carbonyl (C=O) groups excluding carboxylic acids is 1. The predicted molar refractivity (Wildman–Crippen MR) is 157 cm³/mol. The van der Waals surface area contributed by atoms with Crippen LogP contribution in [0.4, 0.5) is 15.0 Å². The number of rotatable bonds is 7. The molecule has 11 nitrogen and oxygen atoms in total. The fourth-order valence-corrected chi connectivity index (χ4v) is 6.54. The molecule has 1 amide bonds. The van der Waals surface area contributed by atoms with E-state index >= 15 is 4.39 Å². The van der Waals surface area contributed by atoms with Crippen molar-refractivity contribution in [3.63, 3.8) is 0 Å². The van der Waals surface area contributed by atoms with Gasteiger partial charge in [-0.2, -0.15) is 9.97 Å². The van der Waals surface area contributed by atoms with Crippen LogP contribution in [-0.2, 0) is 9.57 Å². The molecule has 3 aliphatic heterocycles. The molecule has 0 radical (unpaired) electrons. The Morgan fingerprint density at radius 1 is 1.17 bits per heavy atom. The minimum Gasteiger partial charge on any atom is -0.463 e. The average Bonchev–Trinajstić information content (AvgIpc) is 3.65. The van der Waals surface area contributed by atoms with E-state index in [0.717, 1.165) is 63.9 Å². The molecule has 5 heterocycles. The summed E-state index contributed by atoms with van der Waals surface area (Å²) in [4.78, 5) is 37.6. The molecule has 0 N–H and O–H groups in total. The van der Waals surface area contributed by atoms with Crippen LogP contribution in [0.25, 0.3) is 10.9 Å². The van der Waals surface area contributed by atoms with Gasteiger partial charge >= 0.3 is 12.1 Å². The fourth-order valence-electron chi connectivity index (χ4n) is 6.40. The molecule has 228 valence electrons. The van der Waals surface area contributed by atoms with Crippen LogP contribution in [0.3, 0.4) is 0 Å². The van der Waals surface area contributed by atoms with Gasteiger partial charge in [-0.25, -0.2) is 14.2 Å². The van der Waals surface area contributed by atoms with E-state index in [1.165, 1.54) is 6.20 Å². The van der Waals surface area contributed by atoms with Crippen LogP contribution in [0, 0.1) is 11.2 Å². The first-order chi connectivity index (χ1) is 20.0. The zero-order chi connectivity index (χ0) is 29.6. The summed E-state index contributed by atoms with van der Waals surface area (Å²) in [6, 6.07) is 0.0543. The van der Waals surface area contributed by atoms with Crippen molar-refractivity contribution in [1.29, 1.82) is 0 Å². The number of piperazine rings is 1. The van der Waals surface area contributed by atoms with Crippen LogP contribution in [-0.4, -0.2) is 101 Å². The average molecular weight is 604 g/mol. The number of pyridine rings is 1. The molecular weight excluding hydrogens is 565 g/mol. The Labute approximate surface area is 250 Å². The highest BCUT2D eigenvalue weighted by molar-refractivity contribution is 6.30. The number of piperidine rings is 1. The summed E-state index contributed by atoms with van der Waals surface area (Å²) in [7, 11) is 1.58. The van der Waals surface area contributed by atoms with E-state index in [4.69, 9.17) is 30.9 Å². The van der Waals surface area contributed by atoms with Crippen molar-refractivity contribution < 1.29 is 23.5 Å². The van der Waals surface area contributed by atoms with E-state index in [2.05, 4.69) is 24.9 Å². The number of anilines is 1. The van der Waals surface area contributed by atoms with Gasteiger partial charge in [0.15, 0.2) is 11.0 Å². The Morgan fingerprint density at radius 3 is 2.48 bits per heavy atom. The number of hydrogen-bond donors (Lipinski definition) is 0. The summed E-state index contributed by atoms with van der Waals surface area (Å²) in [6.45, 7) is 9.95. The standard InChI is InChI=1S/C29H39ClFN7O4/c1-28(2,3)42-27(39)38-19-5-6-20(38)15-37(14-19)25-21-13-32-24(30)22(31)23(21)33-26(34-25)41-17-29(9-10-29)16-36-11-7-18(8-12-36)35-40-4/h13,19-20H,5-12,14-17H2,1-4H3/t19-,20+. The molecule has 0 spiro atoms. The summed E-state index contributed by atoms with van der Waals surface area (Å²) >= 11 is 6.06. The maximum Gasteiger partial charge on any atom is 0.410 e. The molecule has 3 saturated heterocycles. The zero-order valence-electron chi connectivity index (χ0n) is 24.7. The molecule has 6 rings (SSSR count). The summed E-state index contributed by atoms with van der Waals surface area (Å²) in [5, 5.41) is 4.33. The van der Waals surface area contributed by atoms with E-state index in [1.54, 1.807) is 7.11 Å². The first-order valence-corrected chi connectivity index (χ1v) is 15.1. The highest BCUT2D eigenvalue weighted by Gasteiger charge is 2.46. The van der Waals surface area contributed by atoms with Gasteiger partial charge in [0.05, 0.1) is 29.8 Å². The predicted octanol–water partition coefficient (Wildman–Crippen LogP) is 4.66. The number of likely N-dealkylation sites (tertiary alicyclic amines) is 1. The summed E-state index contributed by atoms with van der Waals surface area (Å²) in [5.41, 5.74) is 0.644. The largest absolute Gasteiger partial charge is 0.463 e. The second-order valence-electron chi connectivity index (χ2n) is 13.0. The van der Waals surface area contributed by atoms with Gasteiger partial charge in [-0.1, -0.05) is 16.8 Å². The van der Waals surface area contributed by atoms with E-state index < -0.39 is 11.4 Å². The van der Waals surface area contributed by atoms with E-state index in [9.17, 15) is 4.79 Å². The molecule has 13 heteroatoms. The Morgan fingerprint density at radius 2 is 1.86 bits per heavy atom. The number of ether oxygens (including phenoxy) is 2. The minimum absolute atomic E-state index is 0.0287. The van der Waals surface area contributed by atoms with Crippen molar-refractivity contribution >= 4 is 40.1 Å². The van der Waals surface area contributed by atoms with Crippen LogP contribution in [0.5, 0.6) is 6.01 Å². The molecule has 2 bridgehead atoms. The zero-order valence-corrected chi connectivity index (χ0v) is 25.5. The van der Waals surface area contributed by atoms with Gasteiger partial charge in [0.1, 0.15) is 24.0 Å². The molecule has 0 unspecified atom stereocenters. The lowest BCUT2D eigenvalue weighted by atomic mass is 10.0. The molecule has 1 aliphatic carbocycles. The maximum atomic E-state index is 15.2. The number of carbonyl (C=O) groups is 1. The van der Waals surface area contributed by atoms with Crippen LogP contribution < -0.4 is 9.64 Å². The third-order valence-electron chi connectivity index (χ3n) is 8.66. The van der Waals surface area contributed by atoms with Gasteiger partial charge in [0, 0.05) is 57.2 Å². The highest BCUT2D eigenvalue weighted by atomic mass is 35.5. The Bertz CT molecular complexity index is 1360. The van der Waals surface area contributed by atoms with Crippen molar-refractivity contribution in [2.75, 3.05) is 51.3 Å². The fraction of sp³-hybridized carbons (Fsp3) is 0.690. The van der Waals surface area contributed by atoms with Gasteiger partial charge in [-0.15, -0.1) is 0 Å². The third kappa shape index (κ3) is 6.06. The van der Waals surface area contributed by atoms with Gasteiger partial charge in [-0.3, -0.25) is 4.90 Å². The summed E-state index contributed by atoms with van der Waals surface area (Å²) in [5.74, 6) is -0.148. The smallest absolute Gasteiger partial charge is 0.410 e. The van der Waals surface area contributed by atoms with Gasteiger partial charge in [-0.05, 0) is 46.5 Å².